The van der Waals surface area contributed by atoms with Gasteiger partial charge < -0.3 is 15.4 Å². The second-order valence-electron chi connectivity index (χ2n) is 6.12. The number of benzene rings is 1. The number of hydrogen-bond acceptors (Lipinski definition) is 5. The lowest BCUT2D eigenvalue weighted by molar-refractivity contribution is -0.148. The van der Waals surface area contributed by atoms with E-state index in [1.807, 2.05) is 36.4 Å². The molecule has 1 aromatic carbocycles. The summed E-state index contributed by atoms with van der Waals surface area (Å²) in [5.74, 6) is -1.71. The van der Waals surface area contributed by atoms with Crippen molar-refractivity contribution < 1.29 is 19.1 Å². The lowest BCUT2D eigenvalue weighted by atomic mass is 9.90. The first kappa shape index (κ1) is 20.2. The lowest BCUT2D eigenvalue weighted by Gasteiger charge is -2.27. The van der Waals surface area contributed by atoms with Crippen molar-refractivity contribution in [2.75, 3.05) is 13.2 Å². The van der Waals surface area contributed by atoms with E-state index in [0.29, 0.717) is 0 Å². The molecule has 7 nitrogen and oxygen atoms in total. The number of ether oxygens (including phenoxy) is 1. The lowest BCUT2D eigenvalue weighted by Crippen LogP contribution is -2.50. The van der Waals surface area contributed by atoms with Gasteiger partial charge >= 0.3 is 5.97 Å². The van der Waals surface area contributed by atoms with Gasteiger partial charge in [0.05, 0.1) is 12.5 Å². The molecule has 1 aromatic rings. The third-order valence-electron chi connectivity index (χ3n) is 3.79. The first-order valence-electron chi connectivity index (χ1n) is 7.95. The molecule has 2 amide bonds. The highest BCUT2D eigenvalue weighted by Crippen LogP contribution is 2.14. The van der Waals surface area contributed by atoms with Crippen LogP contribution in [0.5, 0.6) is 0 Å². The van der Waals surface area contributed by atoms with Crippen molar-refractivity contribution in [3.05, 3.63) is 35.9 Å². The number of nitrogens with one attached hydrogen (secondary N) is 2. The Kier molecular flexibility index (Phi) is 7.60. The van der Waals surface area contributed by atoms with E-state index >= 15 is 0 Å². The van der Waals surface area contributed by atoms with Gasteiger partial charge in [-0.2, -0.15) is 5.26 Å². The smallest absolute Gasteiger partial charge is 0.325 e. The predicted molar refractivity (Wildman–Crippen MR) is 91.1 cm³/mol. The summed E-state index contributed by atoms with van der Waals surface area (Å²) in [6, 6.07) is 11.1. The number of hydrogen-bond donors (Lipinski definition) is 2. The van der Waals surface area contributed by atoms with Gasteiger partial charge in [-0.25, -0.2) is 0 Å². The summed E-state index contributed by atoms with van der Waals surface area (Å²) < 4.78 is 4.80. The van der Waals surface area contributed by atoms with Gasteiger partial charge in [0, 0.05) is 0 Å². The Morgan fingerprint density at radius 3 is 2.40 bits per heavy atom. The first-order chi connectivity index (χ1) is 11.8. The number of carbonyl (C=O) groups excluding carboxylic acids is 3. The molecule has 0 aromatic heterocycles. The van der Waals surface area contributed by atoms with Crippen LogP contribution in [0, 0.1) is 17.2 Å². The highest BCUT2D eigenvalue weighted by molar-refractivity contribution is 5.85. The number of carbonyl (C=O) groups is 3. The van der Waals surface area contributed by atoms with E-state index in [4.69, 9.17) is 10.00 Å². The maximum atomic E-state index is 11.8. The Hall–Kier alpha value is -2.88. The highest BCUT2D eigenvalue weighted by atomic mass is 16.5. The molecule has 0 aliphatic heterocycles. The number of nitriles is 1. The van der Waals surface area contributed by atoms with E-state index in [2.05, 4.69) is 10.6 Å². The van der Waals surface area contributed by atoms with E-state index in [1.54, 1.807) is 20.8 Å². The molecule has 25 heavy (non-hydrogen) atoms. The average Bonchev–Trinajstić information content (AvgIpc) is 2.58. The van der Waals surface area contributed by atoms with Crippen LogP contribution in [0.2, 0.25) is 0 Å². The molecule has 1 rings (SSSR count). The van der Waals surface area contributed by atoms with Crippen LogP contribution in [0.4, 0.5) is 0 Å². The highest BCUT2D eigenvalue weighted by Gasteiger charge is 2.30. The molecule has 0 bridgehead atoms. The normalized spacial score (nSPS) is 12.6. The Bertz CT molecular complexity index is 652. The molecule has 0 fully saturated rings. The van der Waals surface area contributed by atoms with E-state index in [-0.39, 0.29) is 24.8 Å². The Labute approximate surface area is 147 Å². The second-order valence-corrected chi connectivity index (χ2v) is 6.12. The SMILES string of the molecule is CC(C)[C@](C)(C#N)NC(=O)COC(=O)CNC(=O)Cc1ccccc1. The van der Waals surface area contributed by atoms with Crippen molar-refractivity contribution in [3.8, 4) is 6.07 Å². The van der Waals surface area contributed by atoms with Crippen LogP contribution in [0.3, 0.4) is 0 Å². The zero-order chi connectivity index (χ0) is 18.9. The summed E-state index contributed by atoms with van der Waals surface area (Å²) in [6.45, 7) is 4.38. The van der Waals surface area contributed by atoms with Gasteiger partial charge in [0.25, 0.3) is 5.91 Å². The van der Waals surface area contributed by atoms with Crippen molar-refractivity contribution in [1.29, 1.82) is 5.26 Å². The second kappa shape index (κ2) is 9.42. The third kappa shape index (κ3) is 7.04. The van der Waals surface area contributed by atoms with Crippen LogP contribution in [0.1, 0.15) is 26.3 Å². The minimum absolute atomic E-state index is 0.102. The van der Waals surface area contributed by atoms with Gasteiger partial charge in [0.1, 0.15) is 12.1 Å². The Balaban J connectivity index is 2.32. The average molecular weight is 345 g/mol. The molecule has 134 valence electrons. The summed E-state index contributed by atoms with van der Waals surface area (Å²) in [7, 11) is 0. The molecular weight excluding hydrogens is 322 g/mol. The predicted octanol–water partition coefficient (Wildman–Crippen LogP) is 0.943. The number of esters is 1. The number of rotatable bonds is 8. The van der Waals surface area contributed by atoms with Gasteiger partial charge in [0.2, 0.25) is 5.91 Å². The van der Waals surface area contributed by atoms with E-state index < -0.39 is 24.0 Å². The molecule has 0 saturated heterocycles. The first-order valence-corrected chi connectivity index (χ1v) is 7.95. The van der Waals surface area contributed by atoms with E-state index in [0.717, 1.165) is 5.56 Å². The van der Waals surface area contributed by atoms with Gasteiger partial charge in [-0.15, -0.1) is 0 Å². The fraction of sp³-hybridized carbons (Fsp3) is 0.444. The van der Waals surface area contributed by atoms with Crippen LogP contribution in [0.15, 0.2) is 30.3 Å². The number of amides is 2. The summed E-state index contributed by atoms with van der Waals surface area (Å²) in [6.07, 6.45) is 0.156. The van der Waals surface area contributed by atoms with Crippen LogP contribution >= 0.6 is 0 Å². The standard InChI is InChI=1S/C18H23N3O4/c1-13(2)18(3,12-19)21-16(23)11-25-17(24)10-20-15(22)9-14-7-5-4-6-8-14/h4-8,13H,9-11H2,1-3H3,(H,20,22)(H,21,23)/t18-/m0/s1. The van der Waals surface area contributed by atoms with Crippen LogP contribution < -0.4 is 10.6 Å². The maximum Gasteiger partial charge on any atom is 0.325 e. The summed E-state index contributed by atoms with van der Waals surface area (Å²) in [4.78, 5) is 35.1. The van der Waals surface area contributed by atoms with Crippen molar-refractivity contribution in [2.45, 2.75) is 32.7 Å². The van der Waals surface area contributed by atoms with Gasteiger partial charge in [0.15, 0.2) is 6.61 Å². The molecule has 7 heteroatoms. The summed E-state index contributed by atoms with van der Waals surface area (Å²) in [5, 5.41) is 14.1. The molecule has 0 aliphatic carbocycles. The summed E-state index contributed by atoms with van der Waals surface area (Å²) >= 11 is 0. The van der Waals surface area contributed by atoms with Crippen LogP contribution in [0.25, 0.3) is 0 Å². The van der Waals surface area contributed by atoms with Crippen molar-refractivity contribution in [1.82, 2.24) is 10.6 Å². The minimum atomic E-state index is -1.03. The van der Waals surface area contributed by atoms with Crippen molar-refractivity contribution >= 4 is 17.8 Å². The molecule has 1 atom stereocenters. The quantitative estimate of drug-likeness (QED) is 0.682. The van der Waals surface area contributed by atoms with Crippen LogP contribution in [-0.4, -0.2) is 36.5 Å². The molecule has 2 N–H and O–H groups in total. The van der Waals surface area contributed by atoms with Gasteiger partial charge in [-0.3, -0.25) is 14.4 Å². The molecule has 0 aliphatic rings. The minimum Gasteiger partial charge on any atom is -0.454 e. The van der Waals surface area contributed by atoms with E-state index in [9.17, 15) is 14.4 Å². The van der Waals surface area contributed by atoms with Crippen LogP contribution in [-0.2, 0) is 25.5 Å². The Morgan fingerprint density at radius 1 is 1.20 bits per heavy atom. The fourth-order valence-corrected chi connectivity index (χ4v) is 1.84. The third-order valence-corrected chi connectivity index (χ3v) is 3.79. The zero-order valence-electron chi connectivity index (χ0n) is 14.7. The van der Waals surface area contributed by atoms with Crippen molar-refractivity contribution in [3.63, 3.8) is 0 Å². The monoisotopic (exact) mass is 345 g/mol. The zero-order valence-corrected chi connectivity index (χ0v) is 14.7. The summed E-state index contributed by atoms with van der Waals surface area (Å²) in [5.41, 5.74) is -0.204. The molecule has 0 spiro atoms. The molecular formula is C18H23N3O4. The largest absolute Gasteiger partial charge is 0.454 e. The maximum absolute atomic E-state index is 11.8. The fourth-order valence-electron chi connectivity index (χ4n) is 1.84. The molecule has 0 radical (unpaired) electrons. The van der Waals surface area contributed by atoms with Gasteiger partial charge in [-0.1, -0.05) is 44.2 Å². The molecule has 0 heterocycles. The molecule has 0 saturated carbocycles. The topological polar surface area (TPSA) is 108 Å². The Morgan fingerprint density at radius 2 is 1.84 bits per heavy atom. The molecule has 0 unspecified atom stereocenters. The number of nitrogens with zero attached hydrogens (tertiary/aromatic N) is 1. The van der Waals surface area contributed by atoms with E-state index in [1.165, 1.54) is 0 Å². The van der Waals surface area contributed by atoms with Crippen molar-refractivity contribution in [2.24, 2.45) is 5.92 Å². The van der Waals surface area contributed by atoms with Gasteiger partial charge in [-0.05, 0) is 18.4 Å².